The number of amides is 1. The fraction of sp³-hybridized carbons (Fsp3) is 0.107. The van der Waals surface area contributed by atoms with Crippen molar-refractivity contribution in [3.63, 3.8) is 0 Å². The molecular weight excluding hydrogens is 412 g/mol. The first-order valence-corrected chi connectivity index (χ1v) is 10.9. The van der Waals surface area contributed by atoms with Gasteiger partial charge in [0, 0.05) is 17.1 Å². The van der Waals surface area contributed by atoms with Gasteiger partial charge in [-0.05, 0) is 35.6 Å². The normalized spacial score (nSPS) is 17.6. The molecule has 1 amide bonds. The van der Waals surface area contributed by atoms with Gasteiger partial charge >= 0.3 is 0 Å². The molecule has 4 aromatic rings. The summed E-state index contributed by atoms with van der Waals surface area (Å²) < 4.78 is 0. The van der Waals surface area contributed by atoms with Crippen molar-refractivity contribution in [2.75, 3.05) is 4.90 Å². The molecule has 1 saturated heterocycles. The van der Waals surface area contributed by atoms with E-state index in [4.69, 9.17) is 0 Å². The molecule has 0 saturated carbocycles. The average molecular weight is 434 g/mol. The molecule has 1 aromatic heterocycles. The first kappa shape index (κ1) is 20.6. The average Bonchev–Trinajstić information content (AvgIpc) is 3.14. The Bertz CT molecular complexity index is 1390. The molecule has 5 rings (SSSR count). The first-order chi connectivity index (χ1) is 16.1. The standard InChI is InChI=1S/C28H22N2O3/c1-2-18-13-15-20(16-14-18)26(31)24-25(22-11-5-6-17-29-22)30(28(33)27(24)32)23-12-7-9-19-8-3-4-10-21(19)23/h3-17,25,31H,2H2,1H3/b26-24+. The van der Waals surface area contributed by atoms with Crippen molar-refractivity contribution < 1.29 is 14.7 Å². The van der Waals surface area contributed by atoms with Gasteiger partial charge < -0.3 is 5.11 Å². The van der Waals surface area contributed by atoms with E-state index >= 15 is 0 Å². The second-order valence-corrected chi connectivity index (χ2v) is 7.97. The number of benzene rings is 3. The van der Waals surface area contributed by atoms with E-state index in [1.807, 2.05) is 67.6 Å². The number of nitrogens with zero attached hydrogens (tertiary/aromatic N) is 2. The number of aryl methyl sites for hydroxylation is 1. The number of anilines is 1. The van der Waals surface area contributed by atoms with Gasteiger partial charge in [-0.3, -0.25) is 19.5 Å². The van der Waals surface area contributed by atoms with Gasteiger partial charge in [0.25, 0.3) is 11.7 Å². The van der Waals surface area contributed by atoms with E-state index in [0.29, 0.717) is 16.9 Å². The molecule has 1 N–H and O–H groups in total. The number of hydrogen-bond donors (Lipinski definition) is 1. The van der Waals surface area contributed by atoms with Crippen molar-refractivity contribution in [1.82, 2.24) is 4.98 Å². The second kappa shape index (κ2) is 8.36. The Balaban J connectivity index is 1.75. The van der Waals surface area contributed by atoms with Crippen molar-refractivity contribution in [1.29, 1.82) is 0 Å². The van der Waals surface area contributed by atoms with Gasteiger partial charge in [-0.1, -0.05) is 73.7 Å². The number of aromatic nitrogens is 1. The highest BCUT2D eigenvalue weighted by atomic mass is 16.3. The van der Waals surface area contributed by atoms with Crippen molar-refractivity contribution in [2.45, 2.75) is 19.4 Å². The Morgan fingerprint density at radius 1 is 0.909 bits per heavy atom. The lowest BCUT2D eigenvalue weighted by Crippen LogP contribution is -2.30. The van der Waals surface area contributed by atoms with Crippen molar-refractivity contribution in [2.24, 2.45) is 0 Å². The van der Waals surface area contributed by atoms with Crippen molar-refractivity contribution in [3.05, 3.63) is 114 Å². The molecule has 1 fully saturated rings. The fourth-order valence-electron chi connectivity index (χ4n) is 4.37. The van der Waals surface area contributed by atoms with Crippen LogP contribution in [0.25, 0.3) is 16.5 Å². The highest BCUT2D eigenvalue weighted by Gasteiger charge is 2.48. The predicted molar refractivity (Wildman–Crippen MR) is 129 cm³/mol. The Morgan fingerprint density at radius 2 is 1.64 bits per heavy atom. The summed E-state index contributed by atoms with van der Waals surface area (Å²) in [5, 5.41) is 13.0. The largest absolute Gasteiger partial charge is 0.507 e. The lowest BCUT2D eigenvalue weighted by Gasteiger charge is -2.25. The van der Waals surface area contributed by atoms with Crippen LogP contribution < -0.4 is 4.90 Å². The van der Waals surface area contributed by atoms with Crippen LogP contribution in [0.1, 0.15) is 29.8 Å². The van der Waals surface area contributed by atoms with Gasteiger partial charge in [0.05, 0.1) is 17.0 Å². The number of aliphatic hydroxyl groups excluding tert-OH is 1. The van der Waals surface area contributed by atoms with E-state index in [1.54, 1.807) is 30.5 Å². The molecule has 5 nitrogen and oxygen atoms in total. The smallest absolute Gasteiger partial charge is 0.300 e. The van der Waals surface area contributed by atoms with Crippen LogP contribution in [0.4, 0.5) is 5.69 Å². The van der Waals surface area contributed by atoms with Crippen LogP contribution in [0.15, 0.2) is 96.7 Å². The van der Waals surface area contributed by atoms with E-state index in [2.05, 4.69) is 4.98 Å². The summed E-state index contributed by atoms with van der Waals surface area (Å²) in [7, 11) is 0. The number of rotatable bonds is 4. The highest BCUT2D eigenvalue weighted by molar-refractivity contribution is 6.52. The van der Waals surface area contributed by atoms with Crippen LogP contribution >= 0.6 is 0 Å². The molecule has 1 unspecified atom stereocenters. The molecule has 0 spiro atoms. The minimum absolute atomic E-state index is 0.0379. The predicted octanol–water partition coefficient (Wildman–Crippen LogP) is 5.42. The van der Waals surface area contributed by atoms with Gasteiger partial charge in [0.2, 0.25) is 0 Å². The monoisotopic (exact) mass is 434 g/mol. The number of carbonyl (C=O) groups excluding carboxylic acids is 2. The van der Waals surface area contributed by atoms with Crippen molar-refractivity contribution >= 4 is 33.9 Å². The van der Waals surface area contributed by atoms with Crippen LogP contribution in [0.2, 0.25) is 0 Å². The Hall–Kier alpha value is -4.25. The van der Waals surface area contributed by atoms with Crippen LogP contribution in [-0.4, -0.2) is 21.8 Å². The van der Waals surface area contributed by atoms with E-state index in [9.17, 15) is 14.7 Å². The molecule has 162 valence electrons. The molecule has 1 aliphatic heterocycles. The van der Waals surface area contributed by atoms with E-state index in [1.165, 1.54) is 4.90 Å². The number of pyridine rings is 1. The van der Waals surface area contributed by atoms with E-state index in [-0.39, 0.29) is 11.3 Å². The molecule has 3 aromatic carbocycles. The quantitative estimate of drug-likeness (QED) is 0.264. The van der Waals surface area contributed by atoms with Crippen LogP contribution in [0, 0.1) is 0 Å². The molecule has 5 heteroatoms. The summed E-state index contributed by atoms with van der Waals surface area (Å²) in [5.41, 5.74) is 2.76. The number of aliphatic hydroxyl groups is 1. The minimum atomic E-state index is -0.845. The fourth-order valence-corrected chi connectivity index (χ4v) is 4.37. The van der Waals surface area contributed by atoms with Gasteiger partial charge in [-0.2, -0.15) is 0 Å². The summed E-state index contributed by atoms with van der Waals surface area (Å²) in [6, 6.07) is 25.2. The maximum atomic E-state index is 13.4. The topological polar surface area (TPSA) is 70.5 Å². The van der Waals surface area contributed by atoms with Gasteiger partial charge in [-0.25, -0.2) is 0 Å². The lowest BCUT2D eigenvalue weighted by molar-refractivity contribution is -0.132. The summed E-state index contributed by atoms with van der Waals surface area (Å²) in [4.78, 5) is 32.6. The van der Waals surface area contributed by atoms with Crippen LogP contribution in [0.5, 0.6) is 0 Å². The second-order valence-electron chi connectivity index (χ2n) is 7.97. The first-order valence-electron chi connectivity index (χ1n) is 10.9. The molecule has 0 bridgehead atoms. The molecule has 33 heavy (non-hydrogen) atoms. The third-order valence-corrected chi connectivity index (χ3v) is 6.07. The van der Waals surface area contributed by atoms with Gasteiger partial charge in [0.1, 0.15) is 11.8 Å². The maximum Gasteiger partial charge on any atom is 0.300 e. The number of fused-ring (bicyclic) bond motifs is 1. The zero-order valence-corrected chi connectivity index (χ0v) is 18.1. The number of carbonyl (C=O) groups is 2. The van der Waals surface area contributed by atoms with Gasteiger partial charge in [-0.15, -0.1) is 0 Å². The number of hydrogen-bond acceptors (Lipinski definition) is 4. The third-order valence-electron chi connectivity index (χ3n) is 6.07. The van der Waals surface area contributed by atoms with E-state index in [0.717, 1.165) is 22.8 Å². The van der Waals surface area contributed by atoms with E-state index < -0.39 is 17.7 Å². The third kappa shape index (κ3) is 3.48. The maximum absolute atomic E-state index is 13.4. The Morgan fingerprint density at radius 3 is 2.36 bits per heavy atom. The molecule has 0 radical (unpaired) electrons. The number of ketones is 1. The SMILES string of the molecule is CCc1ccc(/C(O)=C2\C(=O)C(=O)N(c3cccc4ccccc34)C2c2ccccn2)cc1. The molecule has 1 aliphatic rings. The summed E-state index contributed by atoms with van der Waals surface area (Å²) in [6.07, 6.45) is 2.48. The van der Waals surface area contributed by atoms with Crippen molar-refractivity contribution in [3.8, 4) is 0 Å². The van der Waals surface area contributed by atoms with Crippen LogP contribution in [0.3, 0.4) is 0 Å². The number of Topliss-reactive ketones (excluding diaryl/α,β-unsaturated/α-hetero) is 1. The van der Waals surface area contributed by atoms with Crippen LogP contribution in [-0.2, 0) is 16.0 Å². The zero-order valence-electron chi connectivity index (χ0n) is 18.1. The highest BCUT2D eigenvalue weighted by Crippen LogP contribution is 2.43. The zero-order chi connectivity index (χ0) is 22.9. The lowest BCUT2D eigenvalue weighted by atomic mass is 9.97. The molecule has 0 aliphatic carbocycles. The molecular formula is C28H22N2O3. The Kier molecular flexibility index (Phi) is 5.23. The minimum Gasteiger partial charge on any atom is -0.507 e. The van der Waals surface area contributed by atoms with Gasteiger partial charge in [0.15, 0.2) is 0 Å². The summed E-state index contributed by atoms with van der Waals surface area (Å²) >= 11 is 0. The Labute approximate surface area is 191 Å². The summed E-state index contributed by atoms with van der Waals surface area (Å²) in [5.74, 6) is -1.61. The molecule has 1 atom stereocenters. The summed E-state index contributed by atoms with van der Waals surface area (Å²) in [6.45, 7) is 2.05. The molecule has 2 heterocycles.